The molecule has 0 unspecified atom stereocenters. The van der Waals surface area contributed by atoms with E-state index in [2.05, 4.69) is 25.5 Å². The van der Waals surface area contributed by atoms with Crippen LogP contribution in [0.15, 0.2) is 72.3 Å². The molecular weight excluding hydrogens is 722 g/mol. The Kier molecular flexibility index (Phi) is 10.9. The van der Waals surface area contributed by atoms with E-state index < -0.39 is 30.9 Å². The fraction of sp³-hybridized carbons (Fsp3) is 0.303. The number of halogens is 7. The van der Waals surface area contributed by atoms with Gasteiger partial charge in [-0.15, -0.1) is 0 Å². The molecule has 1 amide bonds. The van der Waals surface area contributed by atoms with Gasteiger partial charge in [0.15, 0.2) is 0 Å². The van der Waals surface area contributed by atoms with Gasteiger partial charge in [-0.1, -0.05) is 31.0 Å². The Morgan fingerprint density at radius 3 is 2.38 bits per heavy atom. The van der Waals surface area contributed by atoms with Crippen molar-refractivity contribution in [1.29, 1.82) is 0 Å². The summed E-state index contributed by atoms with van der Waals surface area (Å²) in [5, 5.41) is 18.7. The van der Waals surface area contributed by atoms with E-state index in [0.717, 1.165) is 10.2 Å². The maximum Gasteiger partial charge on any atom is 0.490 e. The van der Waals surface area contributed by atoms with Crippen LogP contribution < -0.4 is 10.9 Å². The maximum atomic E-state index is 13.7. The second-order valence-electron chi connectivity index (χ2n) is 11.9. The maximum absolute atomic E-state index is 13.7. The summed E-state index contributed by atoms with van der Waals surface area (Å²) in [5.41, 5.74) is 4.10. The zero-order valence-electron chi connectivity index (χ0n) is 27.3. The number of amides is 1. The minimum absolute atomic E-state index is 0.111. The highest BCUT2D eigenvalue weighted by molar-refractivity contribution is 6.31. The fourth-order valence-electron chi connectivity index (χ4n) is 5.63. The molecule has 0 saturated heterocycles. The molecule has 2 N–H and O–H groups in total. The number of aryl methyl sites for hydroxylation is 1. The number of pyridine rings is 1. The van der Waals surface area contributed by atoms with Gasteiger partial charge in [0.2, 0.25) is 5.91 Å². The van der Waals surface area contributed by atoms with Gasteiger partial charge < -0.3 is 10.4 Å². The molecule has 2 atom stereocenters. The van der Waals surface area contributed by atoms with E-state index in [1.165, 1.54) is 29.4 Å². The summed E-state index contributed by atoms with van der Waals surface area (Å²) in [5.74, 6) is -3.14. The fourth-order valence-corrected chi connectivity index (χ4v) is 5.80. The number of hydrogen-bond acceptors (Lipinski definition) is 7. The standard InChI is InChI=1S/C31H28ClF3N8O2.C2HF3O2/c1-18-4-3-5-27(25-10-19(8-9-36-25)29-26(40-30(18)45)14-38-41(29)2)43-17-37-24(12-28(43)44)23-11-21(32)6-7-22(23)20-13-39-42(15-20)16-31(33,34)35;3-2(4,5)1(6)7/h6-15,17-18,27H,3-5,16H2,1-2H3,(H,40,45);(H,6,7)/t18-,27+;/m1./s1. The average Bonchev–Trinajstić information content (AvgIpc) is 3.67. The Morgan fingerprint density at radius 1 is 0.981 bits per heavy atom. The number of aromatic nitrogens is 7. The predicted molar refractivity (Wildman–Crippen MR) is 176 cm³/mol. The number of carbonyl (C=O) groups is 2. The Morgan fingerprint density at radius 2 is 1.71 bits per heavy atom. The lowest BCUT2D eigenvalue weighted by Crippen LogP contribution is -2.27. The van der Waals surface area contributed by atoms with Gasteiger partial charge in [0.05, 0.1) is 47.5 Å². The van der Waals surface area contributed by atoms with Crippen molar-refractivity contribution in [2.24, 2.45) is 13.0 Å². The number of hydrogen-bond donors (Lipinski definition) is 2. The number of rotatable bonds is 4. The Hall–Kier alpha value is -5.52. The molecule has 52 heavy (non-hydrogen) atoms. The van der Waals surface area contributed by atoms with E-state index in [9.17, 15) is 35.9 Å². The molecule has 5 aromatic rings. The smallest absolute Gasteiger partial charge is 0.475 e. The summed E-state index contributed by atoms with van der Waals surface area (Å²) in [7, 11) is 1.79. The summed E-state index contributed by atoms with van der Waals surface area (Å²) in [4.78, 5) is 44.8. The van der Waals surface area contributed by atoms with Gasteiger partial charge >= 0.3 is 18.3 Å². The Bertz CT molecular complexity index is 2160. The van der Waals surface area contributed by atoms with Crippen molar-refractivity contribution in [1.82, 2.24) is 34.1 Å². The topological polar surface area (TPSA) is 150 Å². The zero-order valence-corrected chi connectivity index (χ0v) is 28.0. The second-order valence-corrected chi connectivity index (χ2v) is 12.3. The first kappa shape index (κ1) is 37.7. The molecule has 19 heteroatoms. The lowest BCUT2D eigenvalue weighted by atomic mass is 9.96. The van der Waals surface area contributed by atoms with Crippen molar-refractivity contribution in [3.63, 3.8) is 0 Å². The van der Waals surface area contributed by atoms with Crippen LogP contribution in [0.4, 0.5) is 32.0 Å². The van der Waals surface area contributed by atoms with E-state index in [-0.39, 0.29) is 17.4 Å². The highest BCUT2D eigenvalue weighted by Gasteiger charge is 2.38. The molecule has 6 rings (SSSR count). The van der Waals surface area contributed by atoms with E-state index in [1.54, 1.807) is 42.3 Å². The van der Waals surface area contributed by atoms with Gasteiger partial charge in [-0.2, -0.15) is 36.5 Å². The van der Waals surface area contributed by atoms with Crippen LogP contribution in [0.25, 0.3) is 33.6 Å². The quantitative estimate of drug-likeness (QED) is 0.191. The molecule has 0 aliphatic carbocycles. The lowest BCUT2D eigenvalue weighted by molar-refractivity contribution is -0.192. The first-order valence-electron chi connectivity index (χ1n) is 15.5. The van der Waals surface area contributed by atoms with E-state index in [0.29, 0.717) is 63.7 Å². The predicted octanol–water partition coefficient (Wildman–Crippen LogP) is 6.77. The summed E-state index contributed by atoms with van der Waals surface area (Å²) in [6.07, 6.45) is -0.412. The normalized spacial score (nSPS) is 16.4. The van der Waals surface area contributed by atoms with Crippen LogP contribution >= 0.6 is 11.6 Å². The molecule has 4 aromatic heterocycles. The number of alkyl halides is 6. The van der Waals surface area contributed by atoms with E-state index >= 15 is 0 Å². The van der Waals surface area contributed by atoms with Gasteiger partial charge in [0.25, 0.3) is 5.56 Å². The monoisotopic (exact) mass is 750 g/mol. The molecular formula is C33H29ClF6N8O4. The third-order valence-electron chi connectivity index (χ3n) is 8.11. The van der Waals surface area contributed by atoms with Crippen LogP contribution in [0.1, 0.15) is 37.9 Å². The molecule has 0 radical (unpaired) electrons. The molecule has 1 aliphatic heterocycles. The van der Waals surface area contributed by atoms with Gasteiger partial charge in [0, 0.05) is 53.1 Å². The average molecular weight is 751 g/mol. The number of fused-ring (bicyclic) bond motifs is 4. The van der Waals surface area contributed by atoms with Crippen LogP contribution in [0, 0.1) is 5.92 Å². The minimum Gasteiger partial charge on any atom is -0.475 e. The van der Waals surface area contributed by atoms with Crippen molar-refractivity contribution >= 4 is 29.2 Å². The number of carboxylic acid groups (broad SMARTS) is 1. The molecule has 0 spiro atoms. The van der Waals surface area contributed by atoms with Crippen molar-refractivity contribution < 1.29 is 41.0 Å². The largest absolute Gasteiger partial charge is 0.490 e. The van der Waals surface area contributed by atoms with Crippen LogP contribution in [0.2, 0.25) is 5.02 Å². The van der Waals surface area contributed by atoms with Crippen molar-refractivity contribution in [3.05, 3.63) is 88.6 Å². The number of carboxylic acids is 1. The number of carbonyl (C=O) groups excluding carboxylic acids is 1. The SMILES string of the molecule is C[C@@H]1CCC[C@H](n2cnc(-c3cc(Cl)ccc3-c3cnn(CC(F)(F)F)c3)cc2=O)c2cc(ccn2)-c2c(cnn2C)NC1=O.O=C(O)C(F)(F)F. The van der Waals surface area contributed by atoms with Crippen LogP contribution in [-0.4, -0.2) is 63.4 Å². The molecule has 1 aromatic carbocycles. The third-order valence-corrected chi connectivity index (χ3v) is 8.35. The molecule has 0 fully saturated rings. The number of anilines is 1. The molecule has 274 valence electrons. The van der Waals surface area contributed by atoms with Gasteiger partial charge in [0.1, 0.15) is 6.54 Å². The lowest BCUT2D eigenvalue weighted by Gasteiger charge is -2.22. The second kappa shape index (κ2) is 15.0. The number of nitrogens with one attached hydrogen (secondary N) is 1. The summed E-state index contributed by atoms with van der Waals surface area (Å²) < 4.78 is 74.5. The molecule has 1 aliphatic rings. The molecule has 5 heterocycles. The first-order valence-corrected chi connectivity index (χ1v) is 15.9. The molecule has 0 saturated carbocycles. The molecule has 2 bridgehead atoms. The zero-order chi connectivity index (χ0) is 38.0. The number of nitrogens with zero attached hydrogens (tertiary/aromatic N) is 7. The number of benzene rings is 1. The van der Waals surface area contributed by atoms with Gasteiger partial charge in [-0.25, -0.2) is 9.78 Å². The van der Waals surface area contributed by atoms with Gasteiger partial charge in [-0.05, 0) is 42.7 Å². The van der Waals surface area contributed by atoms with Crippen molar-refractivity contribution in [3.8, 4) is 33.6 Å². The van der Waals surface area contributed by atoms with Crippen LogP contribution in [-0.2, 0) is 23.2 Å². The summed E-state index contributed by atoms with van der Waals surface area (Å²) in [6.45, 7) is 0.633. The Balaban J connectivity index is 0.000000679. The van der Waals surface area contributed by atoms with E-state index in [4.69, 9.17) is 21.5 Å². The highest BCUT2D eigenvalue weighted by Crippen LogP contribution is 2.35. The van der Waals surface area contributed by atoms with E-state index in [1.807, 2.05) is 19.1 Å². The highest BCUT2D eigenvalue weighted by atomic mass is 35.5. The first-order chi connectivity index (χ1) is 24.4. The summed E-state index contributed by atoms with van der Waals surface area (Å²) in [6, 6.07) is 9.49. The molecule has 12 nitrogen and oxygen atoms in total. The third kappa shape index (κ3) is 8.85. The van der Waals surface area contributed by atoms with Crippen LogP contribution in [0.3, 0.4) is 0 Å². The number of aliphatic carboxylic acids is 1. The van der Waals surface area contributed by atoms with Crippen molar-refractivity contribution in [2.45, 2.75) is 51.1 Å². The van der Waals surface area contributed by atoms with Crippen molar-refractivity contribution in [2.75, 3.05) is 5.32 Å². The summed E-state index contributed by atoms with van der Waals surface area (Å²) >= 11 is 6.30. The minimum atomic E-state index is -5.08. The van der Waals surface area contributed by atoms with Gasteiger partial charge in [-0.3, -0.25) is 28.5 Å². The Labute approximate surface area is 295 Å². The van der Waals surface area contributed by atoms with Crippen LogP contribution in [0.5, 0.6) is 0 Å².